The molecule has 4 nitrogen and oxygen atoms in total. The molecule has 0 atom stereocenters. The second kappa shape index (κ2) is 8.67. The standard InChI is InChI=1S/C21H27N3O/c22-20-9-4-8-19(16-20)17-23-12-5-13-24(15-14-23)21(25)11-10-18-6-2-1-3-7-18/h1-4,6-9,16H,5,10-15,17,22H2. The van der Waals surface area contributed by atoms with E-state index in [-0.39, 0.29) is 5.91 Å². The Labute approximate surface area is 150 Å². The largest absolute Gasteiger partial charge is 0.399 e. The molecule has 2 aromatic rings. The second-order valence-corrected chi connectivity index (χ2v) is 6.74. The molecule has 0 unspecified atom stereocenters. The molecule has 1 aliphatic rings. The highest BCUT2D eigenvalue weighted by Crippen LogP contribution is 2.13. The first-order valence-corrected chi connectivity index (χ1v) is 9.09. The van der Waals surface area contributed by atoms with E-state index in [1.165, 1.54) is 11.1 Å². The van der Waals surface area contributed by atoms with Crippen LogP contribution in [0.4, 0.5) is 5.69 Å². The Balaban J connectivity index is 1.48. The van der Waals surface area contributed by atoms with Gasteiger partial charge in [0.05, 0.1) is 0 Å². The summed E-state index contributed by atoms with van der Waals surface area (Å²) in [5.74, 6) is 0.273. The molecule has 1 heterocycles. The Morgan fingerprint density at radius 2 is 1.72 bits per heavy atom. The fourth-order valence-electron chi connectivity index (χ4n) is 3.38. The highest BCUT2D eigenvalue weighted by atomic mass is 16.2. The molecular formula is C21H27N3O. The van der Waals surface area contributed by atoms with Crippen LogP contribution >= 0.6 is 0 Å². The van der Waals surface area contributed by atoms with Crippen molar-refractivity contribution >= 4 is 11.6 Å². The van der Waals surface area contributed by atoms with Gasteiger partial charge in [-0.15, -0.1) is 0 Å². The average Bonchev–Trinajstić information content (AvgIpc) is 2.86. The van der Waals surface area contributed by atoms with E-state index in [1.54, 1.807) is 0 Å². The molecule has 0 radical (unpaired) electrons. The van der Waals surface area contributed by atoms with Gasteiger partial charge in [0.2, 0.25) is 5.91 Å². The SMILES string of the molecule is Nc1cccc(CN2CCCN(C(=O)CCc3ccccc3)CC2)c1. The van der Waals surface area contributed by atoms with Gasteiger partial charge in [0, 0.05) is 44.8 Å². The first-order chi connectivity index (χ1) is 12.2. The molecule has 0 bridgehead atoms. The van der Waals surface area contributed by atoms with Crippen molar-refractivity contribution in [3.63, 3.8) is 0 Å². The number of rotatable bonds is 5. The maximum atomic E-state index is 12.5. The normalized spacial score (nSPS) is 15.8. The summed E-state index contributed by atoms with van der Waals surface area (Å²) in [5, 5.41) is 0. The predicted octanol–water partition coefficient (Wildman–Crippen LogP) is 2.94. The number of nitrogens with two attached hydrogens (primary N) is 1. The zero-order chi connectivity index (χ0) is 17.5. The third-order valence-electron chi connectivity index (χ3n) is 4.77. The minimum Gasteiger partial charge on any atom is -0.399 e. The van der Waals surface area contributed by atoms with Gasteiger partial charge >= 0.3 is 0 Å². The zero-order valence-corrected chi connectivity index (χ0v) is 14.7. The Hall–Kier alpha value is -2.33. The molecule has 3 rings (SSSR count). The van der Waals surface area contributed by atoms with Crippen molar-refractivity contribution in [2.75, 3.05) is 31.9 Å². The van der Waals surface area contributed by atoms with Crippen LogP contribution in [0.3, 0.4) is 0 Å². The molecular weight excluding hydrogens is 310 g/mol. The summed E-state index contributed by atoms with van der Waals surface area (Å²) >= 11 is 0. The molecule has 0 saturated carbocycles. The average molecular weight is 337 g/mol. The molecule has 25 heavy (non-hydrogen) atoms. The zero-order valence-electron chi connectivity index (χ0n) is 14.7. The van der Waals surface area contributed by atoms with E-state index >= 15 is 0 Å². The van der Waals surface area contributed by atoms with Gasteiger partial charge in [0.25, 0.3) is 0 Å². The van der Waals surface area contributed by atoms with Crippen molar-refractivity contribution in [1.82, 2.24) is 9.80 Å². The smallest absolute Gasteiger partial charge is 0.222 e. The van der Waals surface area contributed by atoms with Crippen molar-refractivity contribution in [3.8, 4) is 0 Å². The van der Waals surface area contributed by atoms with Crippen LogP contribution in [0.1, 0.15) is 24.0 Å². The summed E-state index contributed by atoms with van der Waals surface area (Å²) in [5.41, 5.74) is 9.15. The molecule has 132 valence electrons. The highest BCUT2D eigenvalue weighted by molar-refractivity contribution is 5.76. The van der Waals surface area contributed by atoms with Crippen LogP contribution in [0, 0.1) is 0 Å². The Bertz CT molecular complexity index is 687. The van der Waals surface area contributed by atoms with E-state index in [0.29, 0.717) is 6.42 Å². The van der Waals surface area contributed by atoms with E-state index in [9.17, 15) is 4.79 Å². The van der Waals surface area contributed by atoms with E-state index in [4.69, 9.17) is 5.73 Å². The van der Waals surface area contributed by atoms with Crippen molar-refractivity contribution in [2.24, 2.45) is 0 Å². The van der Waals surface area contributed by atoms with E-state index in [2.05, 4.69) is 23.1 Å². The summed E-state index contributed by atoms with van der Waals surface area (Å²) in [7, 11) is 0. The Kier molecular flexibility index (Phi) is 6.07. The number of anilines is 1. The number of benzene rings is 2. The Morgan fingerprint density at radius 1 is 0.920 bits per heavy atom. The lowest BCUT2D eigenvalue weighted by Gasteiger charge is -2.22. The number of hydrogen-bond acceptors (Lipinski definition) is 3. The van der Waals surface area contributed by atoms with Gasteiger partial charge in [-0.3, -0.25) is 9.69 Å². The summed E-state index contributed by atoms with van der Waals surface area (Å²) in [4.78, 5) is 17.0. The fraction of sp³-hybridized carbons (Fsp3) is 0.381. The van der Waals surface area contributed by atoms with Gasteiger partial charge in [-0.2, -0.15) is 0 Å². The predicted molar refractivity (Wildman–Crippen MR) is 102 cm³/mol. The number of nitrogen functional groups attached to an aromatic ring is 1. The molecule has 1 aliphatic heterocycles. The minimum atomic E-state index is 0.273. The van der Waals surface area contributed by atoms with Gasteiger partial charge in [0.1, 0.15) is 0 Å². The van der Waals surface area contributed by atoms with E-state index in [1.807, 2.05) is 41.3 Å². The number of aryl methyl sites for hydroxylation is 1. The third-order valence-corrected chi connectivity index (χ3v) is 4.77. The van der Waals surface area contributed by atoms with Crippen molar-refractivity contribution in [2.45, 2.75) is 25.8 Å². The lowest BCUT2D eigenvalue weighted by molar-refractivity contribution is -0.131. The molecule has 2 aromatic carbocycles. The molecule has 2 N–H and O–H groups in total. The van der Waals surface area contributed by atoms with Crippen LogP contribution in [0.15, 0.2) is 54.6 Å². The van der Waals surface area contributed by atoms with E-state index in [0.717, 1.165) is 51.3 Å². The second-order valence-electron chi connectivity index (χ2n) is 6.74. The number of hydrogen-bond donors (Lipinski definition) is 1. The first kappa shape index (κ1) is 17.5. The van der Waals surface area contributed by atoms with Crippen LogP contribution in [0.25, 0.3) is 0 Å². The number of amides is 1. The molecule has 0 aliphatic carbocycles. The van der Waals surface area contributed by atoms with E-state index < -0.39 is 0 Å². The minimum absolute atomic E-state index is 0.273. The summed E-state index contributed by atoms with van der Waals surface area (Å²) in [6.07, 6.45) is 2.45. The first-order valence-electron chi connectivity index (χ1n) is 9.09. The maximum Gasteiger partial charge on any atom is 0.222 e. The highest BCUT2D eigenvalue weighted by Gasteiger charge is 2.19. The lowest BCUT2D eigenvalue weighted by atomic mass is 10.1. The van der Waals surface area contributed by atoms with Crippen LogP contribution in [-0.2, 0) is 17.8 Å². The summed E-state index contributed by atoms with van der Waals surface area (Å²) in [6.45, 7) is 4.53. The summed E-state index contributed by atoms with van der Waals surface area (Å²) < 4.78 is 0. The number of nitrogens with zero attached hydrogens (tertiary/aromatic N) is 2. The maximum absolute atomic E-state index is 12.5. The molecule has 1 amide bonds. The molecule has 1 fully saturated rings. The van der Waals surface area contributed by atoms with Crippen LogP contribution < -0.4 is 5.73 Å². The molecule has 0 spiro atoms. The van der Waals surface area contributed by atoms with Gasteiger partial charge < -0.3 is 10.6 Å². The number of carbonyl (C=O) groups excluding carboxylic acids is 1. The topological polar surface area (TPSA) is 49.6 Å². The quantitative estimate of drug-likeness (QED) is 0.854. The fourth-order valence-corrected chi connectivity index (χ4v) is 3.38. The van der Waals surface area contributed by atoms with Gasteiger partial charge in [-0.25, -0.2) is 0 Å². The molecule has 1 saturated heterocycles. The van der Waals surface area contributed by atoms with Crippen molar-refractivity contribution in [3.05, 3.63) is 65.7 Å². The molecule has 4 heteroatoms. The van der Waals surface area contributed by atoms with Gasteiger partial charge in [0.15, 0.2) is 0 Å². The lowest BCUT2D eigenvalue weighted by Crippen LogP contribution is -2.35. The van der Waals surface area contributed by atoms with Gasteiger partial charge in [-0.05, 0) is 36.1 Å². The van der Waals surface area contributed by atoms with Crippen molar-refractivity contribution in [1.29, 1.82) is 0 Å². The molecule has 0 aromatic heterocycles. The van der Waals surface area contributed by atoms with Crippen molar-refractivity contribution < 1.29 is 4.79 Å². The number of carbonyl (C=O) groups is 1. The Morgan fingerprint density at radius 3 is 2.52 bits per heavy atom. The monoisotopic (exact) mass is 337 g/mol. The third kappa shape index (κ3) is 5.33. The summed E-state index contributed by atoms with van der Waals surface area (Å²) in [6, 6.07) is 18.3. The van der Waals surface area contributed by atoms with Crippen LogP contribution in [0.5, 0.6) is 0 Å². The van der Waals surface area contributed by atoms with Crippen LogP contribution in [0.2, 0.25) is 0 Å². The van der Waals surface area contributed by atoms with Crippen LogP contribution in [-0.4, -0.2) is 41.9 Å². The van der Waals surface area contributed by atoms with Gasteiger partial charge in [-0.1, -0.05) is 42.5 Å².